The smallest absolute Gasteiger partial charge is 0.335 e. The van der Waals surface area contributed by atoms with Crippen molar-refractivity contribution >= 4 is 40.2 Å². The van der Waals surface area contributed by atoms with Crippen molar-refractivity contribution in [3.05, 3.63) is 65.2 Å². The number of ether oxygens (including phenoxy) is 3. The number of hydrogen-bond acceptors (Lipinski definition) is 8. The summed E-state index contributed by atoms with van der Waals surface area (Å²) < 4.78 is 17.2. The van der Waals surface area contributed by atoms with Crippen molar-refractivity contribution in [2.24, 2.45) is 0 Å². The Bertz CT molecular complexity index is 1580. The van der Waals surface area contributed by atoms with Crippen LogP contribution >= 0.6 is 0 Å². The highest BCUT2D eigenvalue weighted by Crippen LogP contribution is 2.37. The Hall–Kier alpha value is -4.68. The minimum absolute atomic E-state index is 0.0207. The van der Waals surface area contributed by atoms with Crippen molar-refractivity contribution in [1.82, 2.24) is 5.32 Å². The Labute approximate surface area is 299 Å². The summed E-state index contributed by atoms with van der Waals surface area (Å²) in [6, 6.07) is 11.3. The highest BCUT2D eigenvalue weighted by Gasteiger charge is 2.25. The average Bonchev–Trinajstić information content (AvgIpc) is 3.11. The van der Waals surface area contributed by atoms with Crippen LogP contribution in [-0.2, 0) is 14.3 Å². The number of rotatable bonds is 24. The van der Waals surface area contributed by atoms with E-state index in [2.05, 4.69) is 12.2 Å². The third kappa shape index (κ3) is 12.9. The molecule has 1 unspecified atom stereocenters. The second-order valence-corrected chi connectivity index (χ2v) is 12.4. The Morgan fingerprint density at radius 2 is 1.35 bits per heavy atom. The van der Waals surface area contributed by atoms with Crippen molar-refractivity contribution in [2.75, 3.05) is 37.9 Å². The van der Waals surface area contributed by atoms with E-state index in [1.54, 1.807) is 38.1 Å². The normalized spacial score (nSPS) is 11.7. The molecule has 0 aliphatic rings. The summed E-state index contributed by atoms with van der Waals surface area (Å²) in [5.74, 6) is -4.13. The monoisotopic (exact) mass is 708 g/mol. The molecular formula is C39H52N2O10. The van der Waals surface area contributed by atoms with Crippen LogP contribution in [0, 0.1) is 0 Å². The Balaban J connectivity index is 1.54. The van der Waals surface area contributed by atoms with E-state index in [9.17, 15) is 34.5 Å². The fraction of sp³-hybridized carbons (Fsp3) is 0.487. The predicted molar refractivity (Wildman–Crippen MR) is 195 cm³/mol. The standard InChI is InChI=1S/C39H52N2O10/c1-4-6-7-8-9-10-11-12-13-16-19-49-20-21-50-27(3)40-35(42)26-51-34-25-33(36(43)32-18-15-14-17-31(32)34)37(44)41(5-2)30-23-28(38(45)46)22-29(24-30)39(47)48/h14-15,17-18,22-25,27,43H,4-13,16,19-21,26H2,1-3H3,(H,40,42)(H,45,46)(H,47,48). The molecule has 3 aromatic carbocycles. The van der Waals surface area contributed by atoms with Gasteiger partial charge in [-0.25, -0.2) is 9.59 Å². The Morgan fingerprint density at radius 1 is 0.765 bits per heavy atom. The molecule has 0 saturated carbocycles. The van der Waals surface area contributed by atoms with Crippen LogP contribution in [0.5, 0.6) is 11.5 Å². The summed E-state index contributed by atoms with van der Waals surface area (Å²) in [7, 11) is 0. The van der Waals surface area contributed by atoms with Crippen LogP contribution in [0.2, 0.25) is 0 Å². The topological polar surface area (TPSA) is 172 Å². The van der Waals surface area contributed by atoms with Gasteiger partial charge >= 0.3 is 11.9 Å². The van der Waals surface area contributed by atoms with E-state index in [1.807, 2.05) is 0 Å². The lowest BCUT2D eigenvalue weighted by Gasteiger charge is -2.23. The zero-order valence-electron chi connectivity index (χ0n) is 29.9. The third-order valence-electron chi connectivity index (χ3n) is 8.45. The zero-order chi connectivity index (χ0) is 37.2. The number of nitrogens with zero attached hydrogens (tertiary/aromatic N) is 1. The lowest BCUT2D eigenvalue weighted by molar-refractivity contribution is -0.127. The molecule has 0 aliphatic heterocycles. The largest absolute Gasteiger partial charge is 0.506 e. The first kappa shape index (κ1) is 40.7. The van der Waals surface area contributed by atoms with Gasteiger partial charge in [0, 0.05) is 29.6 Å². The molecule has 0 aromatic heterocycles. The van der Waals surface area contributed by atoms with Gasteiger partial charge in [0.1, 0.15) is 17.7 Å². The molecule has 2 amide bonds. The minimum atomic E-state index is -1.36. The van der Waals surface area contributed by atoms with Crippen LogP contribution in [0.4, 0.5) is 5.69 Å². The second-order valence-electron chi connectivity index (χ2n) is 12.4. The maximum atomic E-state index is 13.8. The highest BCUT2D eigenvalue weighted by atomic mass is 16.5. The number of carbonyl (C=O) groups excluding carboxylic acids is 2. The summed E-state index contributed by atoms with van der Waals surface area (Å²) >= 11 is 0. The van der Waals surface area contributed by atoms with E-state index in [0.717, 1.165) is 23.8 Å². The summed E-state index contributed by atoms with van der Waals surface area (Å²) in [4.78, 5) is 51.1. The molecule has 0 radical (unpaired) electrons. The van der Waals surface area contributed by atoms with E-state index in [1.165, 1.54) is 69.6 Å². The molecule has 12 nitrogen and oxygen atoms in total. The summed E-state index contributed by atoms with van der Waals surface area (Å²) in [6.45, 7) is 6.56. The number of nitrogens with one attached hydrogen (secondary N) is 1. The lowest BCUT2D eigenvalue weighted by Crippen LogP contribution is -2.38. The maximum absolute atomic E-state index is 13.8. The second kappa shape index (κ2) is 21.5. The number of benzene rings is 3. The fourth-order valence-corrected chi connectivity index (χ4v) is 5.74. The van der Waals surface area contributed by atoms with E-state index in [0.29, 0.717) is 25.2 Å². The number of aromatic carboxylic acids is 2. The molecule has 0 bridgehead atoms. The molecule has 4 N–H and O–H groups in total. The van der Waals surface area contributed by atoms with Crippen molar-refractivity contribution in [2.45, 2.75) is 91.2 Å². The predicted octanol–water partition coefficient (Wildman–Crippen LogP) is 7.40. The van der Waals surface area contributed by atoms with Crippen LogP contribution in [0.25, 0.3) is 10.8 Å². The van der Waals surface area contributed by atoms with Crippen molar-refractivity contribution < 1.29 is 48.7 Å². The Kier molecular flexibility index (Phi) is 17.2. The fourth-order valence-electron chi connectivity index (χ4n) is 5.74. The number of carboxylic acids is 2. The molecule has 12 heteroatoms. The molecule has 51 heavy (non-hydrogen) atoms. The van der Waals surface area contributed by atoms with Crippen LogP contribution < -0.4 is 15.0 Å². The van der Waals surface area contributed by atoms with Gasteiger partial charge in [-0.3, -0.25) is 9.59 Å². The molecule has 0 fully saturated rings. The zero-order valence-corrected chi connectivity index (χ0v) is 29.9. The van der Waals surface area contributed by atoms with Gasteiger partial charge in [0.2, 0.25) is 0 Å². The molecule has 3 aromatic rings. The number of fused-ring (bicyclic) bond motifs is 1. The number of unbranched alkanes of at least 4 members (excludes halogenated alkanes) is 9. The molecule has 0 aliphatic carbocycles. The maximum Gasteiger partial charge on any atom is 0.335 e. The van der Waals surface area contributed by atoms with Gasteiger partial charge in [0.25, 0.3) is 11.8 Å². The van der Waals surface area contributed by atoms with E-state index < -0.39 is 36.6 Å². The first-order valence-corrected chi connectivity index (χ1v) is 17.9. The third-order valence-corrected chi connectivity index (χ3v) is 8.45. The van der Waals surface area contributed by atoms with Crippen molar-refractivity contribution in [3.63, 3.8) is 0 Å². The van der Waals surface area contributed by atoms with Gasteiger partial charge < -0.3 is 39.7 Å². The van der Waals surface area contributed by atoms with Crippen molar-refractivity contribution in [3.8, 4) is 11.5 Å². The van der Waals surface area contributed by atoms with Crippen molar-refractivity contribution in [1.29, 1.82) is 0 Å². The molecule has 0 spiro atoms. The number of aromatic hydroxyl groups is 1. The quantitative estimate of drug-likeness (QED) is 0.0543. The Morgan fingerprint density at radius 3 is 1.94 bits per heavy atom. The number of carbonyl (C=O) groups is 4. The lowest BCUT2D eigenvalue weighted by atomic mass is 10.0. The van der Waals surface area contributed by atoms with Gasteiger partial charge in [0.15, 0.2) is 6.61 Å². The first-order chi connectivity index (χ1) is 24.6. The van der Waals surface area contributed by atoms with Gasteiger partial charge in [-0.05, 0) is 44.5 Å². The number of carboxylic acid groups (broad SMARTS) is 2. The molecule has 278 valence electrons. The van der Waals surface area contributed by atoms with Crippen LogP contribution in [0.3, 0.4) is 0 Å². The van der Waals surface area contributed by atoms with E-state index >= 15 is 0 Å². The molecule has 1 atom stereocenters. The van der Waals surface area contributed by atoms with Gasteiger partial charge in [-0.15, -0.1) is 0 Å². The van der Waals surface area contributed by atoms with E-state index in [4.69, 9.17) is 14.2 Å². The van der Waals surface area contributed by atoms with Crippen LogP contribution in [0.15, 0.2) is 48.5 Å². The number of anilines is 1. The molecule has 3 rings (SSSR count). The SMILES string of the molecule is CCCCCCCCCCCCOCCOC(C)NC(=O)COc1cc(C(=O)N(CC)c2cc(C(=O)O)cc(C(=O)O)c2)c(O)c2ccccc12. The van der Waals surface area contributed by atoms with Gasteiger partial charge in [0.05, 0.1) is 29.9 Å². The van der Waals surface area contributed by atoms with Gasteiger partial charge in [-0.2, -0.15) is 0 Å². The first-order valence-electron chi connectivity index (χ1n) is 17.9. The summed E-state index contributed by atoms with van der Waals surface area (Å²) in [6.07, 6.45) is 12.0. The summed E-state index contributed by atoms with van der Waals surface area (Å²) in [5, 5.41) is 33.6. The number of phenols is 1. The molecular weight excluding hydrogens is 656 g/mol. The number of hydrogen-bond donors (Lipinski definition) is 4. The summed E-state index contributed by atoms with van der Waals surface area (Å²) in [5.41, 5.74) is -0.793. The van der Waals surface area contributed by atoms with Gasteiger partial charge in [-0.1, -0.05) is 89.0 Å². The average molecular weight is 709 g/mol. The van der Waals surface area contributed by atoms with Crippen LogP contribution in [0.1, 0.15) is 116 Å². The molecule has 0 heterocycles. The minimum Gasteiger partial charge on any atom is -0.506 e. The van der Waals surface area contributed by atoms with E-state index in [-0.39, 0.29) is 45.8 Å². The number of phenolic OH excluding ortho intramolecular Hbond substituents is 1. The molecule has 0 saturated heterocycles. The highest BCUT2D eigenvalue weighted by molar-refractivity contribution is 6.13. The van der Waals surface area contributed by atoms with Crippen LogP contribution in [-0.4, -0.2) is 78.3 Å². The number of amides is 2.